The summed E-state index contributed by atoms with van der Waals surface area (Å²) in [5.41, 5.74) is 5.75. The number of nitrogens with zero attached hydrogens (tertiary/aromatic N) is 1. The molecule has 0 saturated heterocycles. The van der Waals surface area contributed by atoms with Crippen LogP contribution in [0.4, 0.5) is 0 Å². The first-order valence-electron chi connectivity index (χ1n) is 5.43. The Kier molecular flexibility index (Phi) is 34.5. The van der Waals surface area contributed by atoms with E-state index in [1.807, 2.05) is 6.92 Å². The SMILES string of the molecule is C[N-]C.Cc1[cH-]c(C)c(C)c1C.[CH2-]CC.[Cl-].[Cl-].[Ti+2]. The van der Waals surface area contributed by atoms with Crippen molar-refractivity contribution in [3.63, 3.8) is 0 Å². The van der Waals surface area contributed by atoms with Gasteiger partial charge >= 0.3 is 21.7 Å². The third kappa shape index (κ3) is 14.7. The monoisotopic (exact) mass is 326 g/mol. The van der Waals surface area contributed by atoms with Crippen LogP contribution in [0.15, 0.2) is 6.07 Å². The van der Waals surface area contributed by atoms with Gasteiger partial charge in [-0.2, -0.15) is 48.8 Å². The average molecular weight is 327 g/mol. The summed E-state index contributed by atoms with van der Waals surface area (Å²) >= 11 is 0. The minimum atomic E-state index is 0. The standard InChI is InChI=1S/C9H13.C3H7.C2H6N.2ClH.Ti/c1-6-5-7(2)9(4)8(6)3;2*1-3-2;;;/h5H,1-4H3;1,3H2,2H3;1-2H3;2*1H;/q3*-1;;;+2/p-2. The largest absolute Gasteiger partial charge is 2.00 e. The number of aryl methyl sites for hydroxylation is 2. The van der Waals surface area contributed by atoms with Crippen LogP contribution < -0.4 is 24.8 Å². The van der Waals surface area contributed by atoms with Gasteiger partial charge in [0, 0.05) is 0 Å². The summed E-state index contributed by atoms with van der Waals surface area (Å²) in [7, 11) is 3.50. The van der Waals surface area contributed by atoms with E-state index in [0.29, 0.717) is 0 Å². The van der Waals surface area contributed by atoms with E-state index >= 15 is 0 Å². The van der Waals surface area contributed by atoms with Gasteiger partial charge in [0.15, 0.2) is 0 Å². The topological polar surface area (TPSA) is 14.1 Å². The van der Waals surface area contributed by atoms with Crippen molar-refractivity contribution in [3.8, 4) is 0 Å². The van der Waals surface area contributed by atoms with Gasteiger partial charge in [-0.15, -0.1) is 0 Å². The molecule has 0 spiro atoms. The maximum Gasteiger partial charge on any atom is 2.00 e. The molecule has 18 heavy (non-hydrogen) atoms. The van der Waals surface area contributed by atoms with Crippen LogP contribution in [-0.4, -0.2) is 14.1 Å². The second kappa shape index (κ2) is 19.9. The zero-order valence-corrected chi connectivity index (χ0v) is 15.8. The van der Waals surface area contributed by atoms with Crippen LogP contribution in [0.3, 0.4) is 0 Å². The predicted molar refractivity (Wildman–Crippen MR) is 71.8 cm³/mol. The first-order chi connectivity index (χ1) is 6.95. The van der Waals surface area contributed by atoms with Gasteiger partial charge in [0.05, 0.1) is 0 Å². The summed E-state index contributed by atoms with van der Waals surface area (Å²) in [4.78, 5) is 0. The van der Waals surface area contributed by atoms with E-state index in [1.54, 1.807) is 14.1 Å². The zero-order chi connectivity index (χ0) is 12.4. The molecule has 1 rings (SSSR count). The molecule has 0 N–H and O–H groups in total. The van der Waals surface area contributed by atoms with Crippen molar-refractivity contribution in [1.29, 1.82) is 0 Å². The Labute approximate surface area is 142 Å². The summed E-state index contributed by atoms with van der Waals surface area (Å²) in [6, 6.07) is 2.24. The van der Waals surface area contributed by atoms with Crippen molar-refractivity contribution < 1.29 is 46.5 Å². The maximum atomic E-state index is 3.50. The first kappa shape index (κ1) is 31.2. The molecular formula is C14H26Cl2NTi-3. The Morgan fingerprint density at radius 3 is 1.17 bits per heavy atom. The molecule has 0 aliphatic heterocycles. The van der Waals surface area contributed by atoms with Gasteiger partial charge in [-0.25, -0.2) is 0 Å². The molecule has 0 radical (unpaired) electrons. The number of hydrogen-bond acceptors (Lipinski definition) is 0. The number of halogens is 2. The van der Waals surface area contributed by atoms with Crippen LogP contribution >= 0.6 is 0 Å². The van der Waals surface area contributed by atoms with Crippen LogP contribution in [0, 0.1) is 34.6 Å². The fraction of sp³-hybridized carbons (Fsp3) is 0.571. The molecule has 4 heteroatoms. The van der Waals surface area contributed by atoms with E-state index in [4.69, 9.17) is 0 Å². The van der Waals surface area contributed by atoms with Crippen molar-refractivity contribution in [3.05, 3.63) is 40.6 Å². The fourth-order valence-electron chi connectivity index (χ4n) is 1.13. The van der Waals surface area contributed by atoms with Crippen molar-refractivity contribution in [1.82, 2.24) is 0 Å². The smallest absolute Gasteiger partial charge is 1.00 e. The average Bonchev–Trinajstić information content (AvgIpc) is 2.36. The molecule has 0 aromatic heterocycles. The van der Waals surface area contributed by atoms with E-state index in [1.165, 1.54) is 22.3 Å². The molecule has 0 amide bonds. The molecule has 0 saturated carbocycles. The molecule has 1 aromatic rings. The maximum absolute atomic E-state index is 3.50. The van der Waals surface area contributed by atoms with Crippen LogP contribution in [0.2, 0.25) is 0 Å². The third-order valence-electron chi connectivity index (χ3n) is 2.18. The van der Waals surface area contributed by atoms with Crippen molar-refractivity contribution in [2.24, 2.45) is 0 Å². The van der Waals surface area contributed by atoms with Crippen LogP contribution in [-0.2, 0) is 21.7 Å². The quantitative estimate of drug-likeness (QED) is 0.407. The van der Waals surface area contributed by atoms with E-state index in [-0.39, 0.29) is 46.5 Å². The molecule has 1 aromatic carbocycles. The van der Waals surface area contributed by atoms with Gasteiger partial charge in [0.1, 0.15) is 0 Å². The second-order valence-electron chi connectivity index (χ2n) is 3.71. The normalized spacial score (nSPS) is 7.11. The van der Waals surface area contributed by atoms with Gasteiger partial charge in [0.25, 0.3) is 0 Å². The van der Waals surface area contributed by atoms with Gasteiger partial charge < -0.3 is 37.1 Å². The summed E-state index contributed by atoms with van der Waals surface area (Å²) in [6.07, 6.45) is 1.00. The van der Waals surface area contributed by atoms with Crippen molar-refractivity contribution in [2.45, 2.75) is 41.0 Å². The summed E-state index contributed by atoms with van der Waals surface area (Å²) in [6.45, 7) is 14.2. The van der Waals surface area contributed by atoms with Crippen molar-refractivity contribution >= 4 is 0 Å². The molecular weight excluding hydrogens is 301 g/mol. The Hall–Kier alpha value is 0.604. The summed E-state index contributed by atoms with van der Waals surface area (Å²) in [5, 5.41) is 3.50. The van der Waals surface area contributed by atoms with Crippen molar-refractivity contribution in [2.75, 3.05) is 14.1 Å². The van der Waals surface area contributed by atoms with E-state index in [0.717, 1.165) is 6.42 Å². The van der Waals surface area contributed by atoms with Gasteiger partial charge in [0.2, 0.25) is 0 Å². The van der Waals surface area contributed by atoms with E-state index in [9.17, 15) is 0 Å². The molecule has 0 bridgehead atoms. The Bertz CT molecular complexity index is 236. The molecule has 0 atom stereocenters. The second-order valence-corrected chi connectivity index (χ2v) is 3.71. The first-order valence-corrected chi connectivity index (χ1v) is 5.43. The molecule has 0 fully saturated rings. The van der Waals surface area contributed by atoms with Gasteiger partial charge in [-0.05, 0) is 0 Å². The third-order valence-corrected chi connectivity index (χ3v) is 2.18. The zero-order valence-electron chi connectivity index (χ0n) is 12.7. The van der Waals surface area contributed by atoms with Gasteiger partial charge in [-0.3, -0.25) is 0 Å². The Morgan fingerprint density at radius 2 is 1.11 bits per heavy atom. The number of hydrogen-bond donors (Lipinski definition) is 0. The minimum absolute atomic E-state index is 0. The molecule has 0 aliphatic carbocycles. The van der Waals surface area contributed by atoms with Gasteiger partial charge in [-0.1, -0.05) is 34.6 Å². The van der Waals surface area contributed by atoms with E-state index < -0.39 is 0 Å². The Balaban J connectivity index is -0.0000000549. The van der Waals surface area contributed by atoms with Crippen LogP contribution in [0.25, 0.3) is 5.32 Å². The van der Waals surface area contributed by atoms with Crippen LogP contribution in [0.5, 0.6) is 0 Å². The molecule has 0 unspecified atom stereocenters. The van der Waals surface area contributed by atoms with Crippen LogP contribution in [0.1, 0.15) is 35.6 Å². The summed E-state index contributed by atoms with van der Waals surface area (Å²) in [5.74, 6) is 0. The predicted octanol–water partition coefficient (Wildman–Crippen LogP) is -1.51. The summed E-state index contributed by atoms with van der Waals surface area (Å²) < 4.78 is 0. The van der Waals surface area contributed by atoms with E-state index in [2.05, 4.69) is 46.0 Å². The molecule has 1 nitrogen and oxygen atoms in total. The molecule has 108 valence electrons. The molecule has 0 heterocycles. The Morgan fingerprint density at radius 1 is 0.944 bits per heavy atom. The molecule has 0 aliphatic rings. The number of rotatable bonds is 0. The minimum Gasteiger partial charge on any atom is -1.00 e. The fourth-order valence-corrected chi connectivity index (χ4v) is 1.13.